The minimum absolute atomic E-state index is 0.0214. The summed E-state index contributed by atoms with van der Waals surface area (Å²) in [5.41, 5.74) is 17.2. The molecule has 6 heteroatoms. The van der Waals surface area contributed by atoms with Crippen molar-refractivity contribution in [2.45, 2.75) is 90.3 Å². The largest absolute Gasteiger partial charge is 0.497 e. The van der Waals surface area contributed by atoms with Crippen LogP contribution in [0.1, 0.15) is 92.2 Å². The molecular formula is C64H66N2O4. The van der Waals surface area contributed by atoms with Gasteiger partial charge in [-0.25, -0.2) is 0 Å². The van der Waals surface area contributed by atoms with Crippen LogP contribution in [0.25, 0.3) is 22.3 Å². The number of hydrogen-bond acceptors (Lipinski definition) is 6. The number of aliphatic hydroxyl groups is 2. The van der Waals surface area contributed by atoms with Gasteiger partial charge < -0.3 is 29.5 Å². The van der Waals surface area contributed by atoms with Gasteiger partial charge in [0.25, 0.3) is 0 Å². The molecule has 8 aromatic rings. The van der Waals surface area contributed by atoms with Crippen LogP contribution in [0.15, 0.2) is 182 Å². The Morgan fingerprint density at radius 1 is 0.457 bits per heavy atom. The van der Waals surface area contributed by atoms with Crippen molar-refractivity contribution < 1.29 is 19.7 Å². The summed E-state index contributed by atoms with van der Waals surface area (Å²) in [6.07, 6.45) is 9.59. The second kappa shape index (κ2) is 22.1. The van der Waals surface area contributed by atoms with Gasteiger partial charge in [0.15, 0.2) is 0 Å². The van der Waals surface area contributed by atoms with Crippen LogP contribution in [0.4, 0.5) is 34.1 Å². The van der Waals surface area contributed by atoms with Crippen LogP contribution in [-0.2, 0) is 31.5 Å². The lowest BCUT2D eigenvalue weighted by molar-refractivity contribution is 0.281. The normalized spacial score (nSPS) is 13.2. The van der Waals surface area contributed by atoms with E-state index in [1.54, 1.807) is 14.2 Å². The molecule has 0 amide bonds. The van der Waals surface area contributed by atoms with E-state index in [9.17, 15) is 10.2 Å². The number of benzene rings is 8. The predicted molar refractivity (Wildman–Crippen MR) is 290 cm³/mol. The second-order valence-corrected chi connectivity index (χ2v) is 18.6. The molecule has 0 bridgehead atoms. The summed E-state index contributed by atoms with van der Waals surface area (Å²) in [6.45, 7) is 4.31. The molecule has 0 atom stereocenters. The fourth-order valence-electron chi connectivity index (χ4n) is 10.8. The summed E-state index contributed by atoms with van der Waals surface area (Å²) in [5, 5.41) is 21.3. The van der Waals surface area contributed by atoms with Crippen molar-refractivity contribution in [3.8, 4) is 33.8 Å². The molecule has 1 aliphatic rings. The summed E-state index contributed by atoms with van der Waals surface area (Å²) in [5.74, 6) is 1.56. The van der Waals surface area contributed by atoms with Crippen molar-refractivity contribution in [2.24, 2.45) is 0 Å². The van der Waals surface area contributed by atoms with Gasteiger partial charge in [-0.2, -0.15) is 0 Å². The number of methoxy groups -OCH3 is 2. The van der Waals surface area contributed by atoms with Crippen molar-refractivity contribution in [3.05, 3.63) is 215 Å². The minimum Gasteiger partial charge on any atom is -0.497 e. The zero-order valence-corrected chi connectivity index (χ0v) is 41.2. The number of aliphatic hydroxyl groups excluding tert-OH is 2. The van der Waals surface area contributed by atoms with Gasteiger partial charge in [0, 0.05) is 33.7 Å². The van der Waals surface area contributed by atoms with E-state index in [0.29, 0.717) is 0 Å². The van der Waals surface area contributed by atoms with Crippen LogP contribution >= 0.6 is 0 Å². The van der Waals surface area contributed by atoms with Gasteiger partial charge >= 0.3 is 0 Å². The highest BCUT2D eigenvalue weighted by Gasteiger charge is 2.37. The number of aryl methyl sites for hydroxylation is 2. The Morgan fingerprint density at radius 2 is 0.929 bits per heavy atom. The van der Waals surface area contributed by atoms with Crippen LogP contribution in [-0.4, -0.2) is 24.4 Å². The van der Waals surface area contributed by atoms with Gasteiger partial charge in [0.05, 0.1) is 38.8 Å². The van der Waals surface area contributed by atoms with Gasteiger partial charge in [-0.3, -0.25) is 0 Å². The highest BCUT2D eigenvalue weighted by atomic mass is 16.5. The molecule has 1 aliphatic carbocycles. The first-order valence-corrected chi connectivity index (χ1v) is 25.2. The van der Waals surface area contributed by atoms with E-state index in [1.807, 2.05) is 24.3 Å². The number of rotatable bonds is 18. The van der Waals surface area contributed by atoms with Crippen molar-refractivity contribution >= 4 is 34.1 Å². The Bertz CT molecular complexity index is 2780. The summed E-state index contributed by atoms with van der Waals surface area (Å²) < 4.78 is 12.0. The van der Waals surface area contributed by atoms with Crippen LogP contribution < -0.4 is 19.3 Å². The first-order chi connectivity index (χ1) is 34.4. The molecule has 0 spiro atoms. The molecule has 0 saturated heterocycles. The fraction of sp³-hybridized carbons (Fsp3) is 0.250. The maximum atomic E-state index is 11.4. The molecule has 8 aromatic carbocycles. The quantitative estimate of drug-likeness (QED) is 0.0894. The Hall–Kier alpha value is -7.12. The average molecular weight is 927 g/mol. The van der Waals surface area contributed by atoms with E-state index >= 15 is 0 Å². The van der Waals surface area contributed by atoms with Crippen LogP contribution in [0, 0.1) is 0 Å². The standard InChI is InChI=1S/C64H66N2O4/c1-5-14-47-16-8-10-18-59(47)49-22-30-55(31-23-49)65(57-34-36-58(69-3)37-35-57)61-38-26-52(42-51(61)45-68)64(40-12-7-13-41-64)53-27-39-62(63(43-53)70-4)66(54-28-20-46(44-67)21-29-54)56-32-24-50(25-33-56)60-19-11-9-17-48(60)15-6-2/h8-11,16-39,42-43,67-68H,5-7,12-15,40-41,44-45H2,1-4H3. The van der Waals surface area contributed by atoms with E-state index in [-0.39, 0.29) is 18.6 Å². The smallest absolute Gasteiger partial charge is 0.143 e. The molecule has 2 N–H and O–H groups in total. The molecule has 1 saturated carbocycles. The maximum Gasteiger partial charge on any atom is 0.143 e. The number of nitrogens with zero attached hydrogens (tertiary/aromatic N) is 2. The second-order valence-electron chi connectivity index (χ2n) is 18.6. The number of ether oxygens (including phenoxy) is 2. The van der Waals surface area contributed by atoms with E-state index in [1.165, 1.54) is 50.9 Å². The molecule has 0 unspecified atom stereocenters. The lowest BCUT2D eigenvalue weighted by Crippen LogP contribution is -2.31. The zero-order valence-electron chi connectivity index (χ0n) is 41.2. The molecule has 70 heavy (non-hydrogen) atoms. The van der Waals surface area contributed by atoms with Crippen LogP contribution in [0.3, 0.4) is 0 Å². The minimum atomic E-state index is -0.299. The third-order valence-corrected chi connectivity index (χ3v) is 14.4. The highest BCUT2D eigenvalue weighted by Crippen LogP contribution is 2.50. The van der Waals surface area contributed by atoms with E-state index in [4.69, 9.17) is 9.47 Å². The molecule has 0 aliphatic heterocycles. The molecule has 0 heterocycles. The fourth-order valence-corrected chi connectivity index (χ4v) is 10.8. The van der Waals surface area contributed by atoms with Gasteiger partial charge in [0.2, 0.25) is 0 Å². The Labute approximate surface area is 415 Å². The SMILES string of the molecule is CCCc1ccccc1-c1ccc(N(c2ccc(OC)cc2)c2ccc(C3(c4ccc(N(c5ccc(CO)cc5)c5ccc(-c6ccccc6CCC)cc5)c(OC)c4)CCCCC3)cc2CO)cc1. The Kier molecular flexibility index (Phi) is 15.1. The van der Waals surface area contributed by atoms with Crippen LogP contribution in [0.5, 0.6) is 11.5 Å². The van der Waals surface area contributed by atoms with Crippen molar-refractivity contribution in [1.82, 2.24) is 0 Å². The molecule has 356 valence electrons. The molecule has 1 fully saturated rings. The van der Waals surface area contributed by atoms with Gasteiger partial charge in [0.1, 0.15) is 11.5 Å². The summed E-state index contributed by atoms with van der Waals surface area (Å²) in [4.78, 5) is 4.50. The molecular weight excluding hydrogens is 861 g/mol. The summed E-state index contributed by atoms with van der Waals surface area (Å²) >= 11 is 0. The monoisotopic (exact) mass is 927 g/mol. The highest BCUT2D eigenvalue weighted by molar-refractivity contribution is 5.83. The molecule has 0 aromatic heterocycles. The third-order valence-electron chi connectivity index (χ3n) is 14.4. The predicted octanol–water partition coefficient (Wildman–Crippen LogP) is 16.1. The van der Waals surface area contributed by atoms with E-state index < -0.39 is 0 Å². The van der Waals surface area contributed by atoms with E-state index in [2.05, 4.69) is 181 Å². The topological polar surface area (TPSA) is 65.4 Å². The van der Waals surface area contributed by atoms with Gasteiger partial charge in [-0.05, 0) is 155 Å². The van der Waals surface area contributed by atoms with Crippen molar-refractivity contribution in [3.63, 3.8) is 0 Å². The molecule has 9 rings (SSSR count). The zero-order chi connectivity index (χ0) is 48.5. The lowest BCUT2D eigenvalue weighted by Gasteiger charge is -2.40. The molecule has 0 radical (unpaired) electrons. The Morgan fingerprint density at radius 3 is 1.41 bits per heavy atom. The van der Waals surface area contributed by atoms with E-state index in [0.717, 1.165) is 108 Å². The summed E-state index contributed by atoms with van der Waals surface area (Å²) in [6, 6.07) is 64.8. The van der Waals surface area contributed by atoms with Crippen molar-refractivity contribution in [1.29, 1.82) is 0 Å². The third kappa shape index (κ3) is 9.85. The van der Waals surface area contributed by atoms with Gasteiger partial charge in [-0.1, -0.05) is 149 Å². The number of hydrogen-bond donors (Lipinski definition) is 2. The lowest BCUT2D eigenvalue weighted by atomic mass is 9.65. The number of anilines is 6. The first kappa shape index (κ1) is 47.9. The van der Waals surface area contributed by atoms with Crippen molar-refractivity contribution in [2.75, 3.05) is 24.0 Å². The summed E-state index contributed by atoms with van der Waals surface area (Å²) in [7, 11) is 3.45. The van der Waals surface area contributed by atoms with Gasteiger partial charge in [-0.15, -0.1) is 0 Å². The first-order valence-electron chi connectivity index (χ1n) is 25.2. The maximum absolute atomic E-state index is 11.4. The Balaban J connectivity index is 1.11. The van der Waals surface area contributed by atoms with Crippen LogP contribution in [0.2, 0.25) is 0 Å². The molecule has 6 nitrogen and oxygen atoms in total. The average Bonchev–Trinajstić information content (AvgIpc) is 3.42.